The highest BCUT2D eigenvalue weighted by molar-refractivity contribution is 5.96. The number of hydrogen-bond donors (Lipinski definition) is 0. The molecule has 0 fully saturated rings. The van der Waals surface area contributed by atoms with Gasteiger partial charge in [-0.05, 0) is 42.3 Å². The van der Waals surface area contributed by atoms with Crippen LogP contribution in [0.4, 0.5) is 11.4 Å². The molecule has 0 radical (unpaired) electrons. The first-order valence-electron chi connectivity index (χ1n) is 8.95. The van der Waals surface area contributed by atoms with Crippen molar-refractivity contribution in [2.75, 3.05) is 43.5 Å². The smallest absolute Gasteiger partial charge is 0.241 e. The van der Waals surface area contributed by atoms with Gasteiger partial charge in [0.25, 0.3) is 0 Å². The molecule has 0 aromatic heterocycles. The van der Waals surface area contributed by atoms with Gasteiger partial charge >= 0.3 is 0 Å². The molecule has 1 aliphatic rings. The third-order valence-electron chi connectivity index (χ3n) is 4.85. The average molecular weight is 337 g/mol. The van der Waals surface area contributed by atoms with E-state index in [2.05, 4.69) is 53.1 Å². The van der Waals surface area contributed by atoms with Gasteiger partial charge in [0.2, 0.25) is 5.91 Å². The second kappa shape index (κ2) is 7.70. The third-order valence-corrected chi connectivity index (χ3v) is 4.85. The number of para-hydroxylation sites is 1. The molecule has 0 unspecified atom stereocenters. The Balaban J connectivity index is 1.63. The van der Waals surface area contributed by atoms with E-state index in [-0.39, 0.29) is 5.91 Å². The molecule has 0 N–H and O–H groups in total. The maximum absolute atomic E-state index is 12.8. The van der Waals surface area contributed by atoms with Crippen molar-refractivity contribution < 1.29 is 4.79 Å². The van der Waals surface area contributed by atoms with Gasteiger partial charge in [0.1, 0.15) is 0 Å². The Bertz CT molecular complexity index is 724. The second-order valence-corrected chi connectivity index (χ2v) is 6.79. The quantitative estimate of drug-likeness (QED) is 0.810. The minimum Gasteiger partial charge on any atom is -0.378 e. The van der Waals surface area contributed by atoms with E-state index in [1.54, 1.807) is 0 Å². The molecule has 4 heteroatoms. The maximum Gasteiger partial charge on any atom is 0.241 e. The molecule has 0 saturated heterocycles. The lowest BCUT2D eigenvalue weighted by molar-refractivity contribution is -0.119. The average Bonchev–Trinajstić information content (AvgIpc) is 3.05. The van der Waals surface area contributed by atoms with Crippen molar-refractivity contribution in [3.63, 3.8) is 0 Å². The number of fused-ring (bicyclic) bond motifs is 1. The number of likely N-dealkylation sites (N-methyl/N-ethyl adjacent to an activating group) is 1. The monoisotopic (exact) mass is 337 g/mol. The molecule has 1 amide bonds. The zero-order valence-corrected chi connectivity index (χ0v) is 15.4. The van der Waals surface area contributed by atoms with Crippen molar-refractivity contribution in [1.82, 2.24) is 4.90 Å². The highest BCUT2D eigenvalue weighted by atomic mass is 16.2. The van der Waals surface area contributed by atoms with Crippen LogP contribution < -0.4 is 9.80 Å². The van der Waals surface area contributed by atoms with Crippen LogP contribution in [-0.4, -0.2) is 44.5 Å². The minimum absolute atomic E-state index is 0.191. The zero-order valence-electron chi connectivity index (χ0n) is 15.4. The summed E-state index contributed by atoms with van der Waals surface area (Å²) >= 11 is 0. The van der Waals surface area contributed by atoms with Gasteiger partial charge in [-0.2, -0.15) is 0 Å². The fourth-order valence-electron chi connectivity index (χ4n) is 3.31. The summed E-state index contributed by atoms with van der Waals surface area (Å²) in [5.74, 6) is 0.191. The van der Waals surface area contributed by atoms with Gasteiger partial charge in [0, 0.05) is 38.6 Å². The van der Waals surface area contributed by atoms with Gasteiger partial charge in [-0.1, -0.05) is 37.3 Å². The SMILES string of the molecule is CCN(CC(=O)N1CCc2ccccc21)Cc1ccc(N(C)C)cc1. The van der Waals surface area contributed by atoms with E-state index in [1.165, 1.54) is 16.8 Å². The Morgan fingerprint density at radius 1 is 1.08 bits per heavy atom. The summed E-state index contributed by atoms with van der Waals surface area (Å²) in [6.07, 6.45) is 0.958. The first-order valence-corrected chi connectivity index (χ1v) is 8.95. The lowest BCUT2D eigenvalue weighted by Crippen LogP contribution is -2.39. The highest BCUT2D eigenvalue weighted by Crippen LogP contribution is 2.27. The molecule has 0 atom stereocenters. The van der Waals surface area contributed by atoms with Crippen molar-refractivity contribution in [1.29, 1.82) is 0 Å². The lowest BCUT2D eigenvalue weighted by atomic mass is 10.2. The van der Waals surface area contributed by atoms with Crippen LogP contribution in [0.5, 0.6) is 0 Å². The van der Waals surface area contributed by atoms with Crippen LogP contribution >= 0.6 is 0 Å². The highest BCUT2D eigenvalue weighted by Gasteiger charge is 2.25. The summed E-state index contributed by atoms with van der Waals surface area (Å²) in [4.78, 5) is 19.0. The van der Waals surface area contributed by atoms with Gasteiger partial charge < -0.3 is 9.80 Å². The Morgan fingerprint density at radius 2 is 1.80 bits per heavy atom. The molecule has 1 aliphatic heterocycles. The summed E-state index contributed by atoms with van der Waals surface area (Å²) in [5, 5.41) is 0. The summed E-state index contributed by atoms with van der Waals surface area (Å²) in [5.41, 5.74) is 4.79. The van der Waals surface area contributed by atoms with Crippen LogP contribution in [0.15, 0.2) is 48.5 Å². The minimum atomic E-state index is 0.191. The van der Waals surface area contributed by atoms with Crippen molar-refractivity contribution in [2.45, 2.75) is 19.9 Å². The van der Waals surface area contributed by atoms with Crippen molar-refractivity contribution >= 4 is 17.3 Å². The molecule has 2 aromatic carbocycles. The molecule has 1 heterocycles. The standard InChI is InChI=1S/C21H27N3O/c1-4-23(15-17-9-11-19(12-10-17)22(2)3)16-21(25)24-14-13-18-7-5-6-8-20(18)24/h5-12H,4,13-16H2,1-3H3. The number of benzene rings is 2. The lowest BCUT2D eigenvalue weighted by Gasteiger charge is -2.24. The van der Waals surface area contributed by atoms with E-state index >= 15 is 0 Å². The van der Waals surface area contributed by atoms with Gasteiger partial charge in [-0.15, -0.1) is 0 Å². The van der Waals surface area contributed by atoms with Gasteiger partial charge in [-0.25, -0.2) is 0 Å². The van der Waals surface area contributed by atoms with Crippen LogP contribution in [0.2, 0.25) is 0 Å². The first-order chi connectivity index (χ1) is 12.1. The zero-order chi connectivity index (χ0) is 17.8. The summed E-state index contributed by atoms with van der Waals surface area (Å²) in [6.45, 7) is 5.02. The molecule has 0 aliphatic carbocycles. The molecule has 0 spiro atoms. The molecular formula is C21H27N3O. The summed E-state index contributed by atoms with van der Waals surface area (Å²) in [7, 11) is 4.08. The summed E-state index contributed by atoms with van der Waals surface area (Å²) < 4.78 is 0. The maximum atomic E-state index is 12.8. The number of amides is 1. The van der Waals surface area contributed by atoms with E-state index in [1.807, 2.05) is 31.1 Å². The third kappa shape index (κ3) is 4.02. The predicted molar refractivity (Wildman–Crippen MR) is 104 cm³/mol. The van der Waals surface area contributed by atoms with Crippen LogP contribution in [0.25, 0.3) is 0 Å². The molecule has 4 nitrogen and oxygen atoms in total. The second-order valence-electron chi connectivity index (χ2n) is 6.79. The molecule has 0 bridgehead atoms. The summed E-state index contributed by atoms with van der Waals surface area (Å²) in [6, 6.07) is 16.8. The molecule has 2 aromatic rings. The fourth-order valence-corrected chi connectivity index (χ4v) is 3.31. The van der Waals surface area contributed by atoms with Crippen LogP contribution in [-0.2, 0) is 17.8 Å². The Kier molecular flexibility index (Phi) is 5.39. The predicted octanol–water partition coefficient (Wildman–Crippen LogP) is 3.16. The Labute approximate surface area is 150 Å². The molecule has 132 valence electrons. The molecular weight excluding hydrogens is 310 g/mol. The van der Waals surface area contributed by atoms with E-state index in [0.717, 1.165) is 31.7 Å². The number of nitrogens with zero attached hydrogens (tertiary/aromatic N) is 3. The molecule has 0 saturated carbocycles. The number of anilines is 2. The van der Waals surface area contributed by atoms with Crippen molar-refractivity contribution in [3.8, 4) is 0 Å². The van der Waals surface area contributed by atoms with Crippen LogP contribution in [0.1, 0.15) is 18.1 Å². The van der Waals surface area contributed by atoms with Crippen LogP contribution in [0.3, 0.4) is 0 Å². The van der Waals surface area contributed by atoms with Gasteiger partial charge in [-0.3, -0.25) is 9.69 Å². The normalized spacial score (nSPS) is 13.2. The van der Waals surface area contributed by atoms with E-state index in [9.17, 15) is 4.79 Å². The fraction of sp³-hybridized carbons (Fsp3) is 0.381. The Hall–Kier alpha value is -2.33. The van der Waals surface area contributed by atoms with E-state index in [4.69, 9.17) is 0 Å². The molecule has 25 heavy (non-hydrogen) atoms. The number of carbonyl (C=O) groups excluding carboxylic acids is 1. The topological polar surface area (TPSA) is 26.8 Å². The number of hydrogen-bond acceptors (Lipinski definition) is 3. The van der Waals surface area contributed by atoms with Crippen molar-refractivity contribution in [3.05, 3.63) is 59.7 Å². The first kappa shape index (κ1) is 17.5. The van der Waals surface area contributed by atoms with Crippen LogP contribution in [0, 0.1) is 0 Å². The van der Waals surface area contributed by atoms with E-state index < -0.39 is 0 Å². The molecule has 3 rings (SSSR count). The number of rotatable bonds is 6. The van der Waals surface area contributed by atoms with Gasteiger partial charge in [0.15, 0.2) is 0 Å². The largest absolute Gasteiger partial charge is 0.378 e. The Morgan fingerprint density at radius 3 is 2.48 bits per heavy atom. The number of carbonyl (C=O) groups is 1. The van der Waals surface area contributed by atoms with E-state index in [0.29, 0.717) is 6.54 Å². The van der Waals surface area contributed by atoms with Crippen molar-refractivity contribution in [2.24, 2.45) is 0 Å². The van der Waals surface area contributed by atoms with Gasteiger partial charge in [0.05, 0.1) is 6.54 Å².